The Morgan fingerprint density at radius 3 is 2.66 bits per heavy atom. The van der Waals surface area contributed by atoms with E-state index in [2.05, 4.69) is 21.7 Å². The summed E-state index contributed by atoms with van der Waals surface area (Å²) in [5.41, 5.74) is 1.95. The first-order chi connectivity index (χ1) is 14.1. The van der Waals surface area contributed by atoms with E-state index in [1.165, 1.54) is 17.6 Å². The van der Waals surface area contributed by atoms with Gasteiger partial charge in [-0.25, -0.2) is 4.98 Å². The predicted octanol–water partition coefficient (Wildman–Crippen LogP) is 6.15. The Bertz CT molecular complexity index is 1090. The lowest BCUT2D eigenvalue weighted by Crippen LogP contribution is -2.16. The molecule has 3 aromatic heterocycles. The third-order valence-corrected chi connectivity index (χ3v) is 5.56. The zero-order valence-corrected chi connectivity index (χ0v) is 17.1. The van der Waals surface area contributed by atoms with Gasteiger partial charge in [-0.05, 0) is 55.0 Å². The molecule has 1 aromatic carbocycles. The summed E-state index contributed by atoms with van der Waals surface area (Å²) >= 11 is 7.60. The predicted molar refractivity (Wildman–Crippen MR) is 117 cm³/mol. The highest BCUT2D eigenvalue weighted by Crippen LogP contribution is 2.37. The van der Waals surface area contributed by atoms with Gasteiger partial charge in [0.1, 0.15) is 10.8 Å². The molecule has 4 rings (SSSR count). The lowest BCUT2D eigenvalue weighted by molar-refractivity contribution is 0.0997. The summed E-state index contributed by atoms with van der Waals surface area (Å²) in [6.45, 7) is 2.01. The molecule has 0 fully saturated rings. The number of furan rings is 1. The van der Waals surface area contributed by atoms with Crippen LogP contribution in [-0.2, 0) is 0 Å². The average molecular weight is 424 g/mol. The molecule has 0 bridgehead atoms. The average Bonchev–Trinajstić information content (AvgIpc) is 3.38. The van der Waals surface area contributed by atoms with Crippen LogP contribution in [0.15, 0.2) is 77.5 Å². The monoisotopic (exact) mass is 423 g/mol. The van der Waals surface area contributed by atoms with E-state index >= 15 is 0 Å². The van der Waals surface area contributed by atoms with Crippen LogP contribution in [0, 0.1) is 6.92 Å². The van der Waals surface area contributed by atoms with Gasteiger partial charge in [-0.1, -0.05) is 29.8 Å². The summed E-state index contributed by atoms with van der Waals surface area (Å²) in [6, 6.07) is 18.5. The number of aryl methyl sites for hydroxylation is 1. The maximum atomic E-state index is 12.6. The number of rotatable bonds is 6. The van der Waals surface area contributed by atoms with Gasteiger partial charge in [0.25, 0.3) is 5.91 Å². The highest BCUT2D eigenvalue weighted by Gasteiger charge is 2.22. The van der Waals surface area contributed by atoms with Crippen LogP contribution in [0.5, 0.6) is 0 Å². The highest BCUT2D eigenvalue weighted by molar-refractivity contribution is 7.16. The van der Waals surface area contributed by atoms with E-state index in [0.29, 0.717) is 5.02 Å². The van der Waals surface area contributed by atoms with Gasteiger partial charge in [-0.2, -0.15) is 0 Å². The smallest absolute Gasteiger partial charge is 0.291 e. The van der Waals surface area contributed by atoms with Crippen LogP contribution in [0.2, 0.25) is 5.02 Å². The normalized spacial score (nSPS) is 11.8. The van der Waals surface area contributed by atoms with Crippen molar-refractivity contribution in [1.29, 1.82) is 0 Å². The highest BCUT2D eigenvalue weighted by atomic mass is 35.5. The summed E-state index contributed by atoms with van der Waals surface area (Å²) in [4.78, 5) is 18.0. The van der Waals surface area contributed by atoms with Crippen molar-refractivity contribution in [1.82, 2.24) is 4.98 Å². The fourth-order valence-electron chi connectivity index (χ4n) is 3.01. The molecular formula is C22H18ClN3O2S. The molecule has 1 amide bonds. The maximum absolute atomic E-state index is 12.6. The Kier molecular flexibility index (Phi) is 5.64. The molecule has 4 aromatic rings. The molecule has 2 N–H and O–H groups in total. The number of carbonyl (C=O) groups excluding carboxylic acids is 1. The van der Waals surface area contributed by atoms with Crippen molar-refractivity contribution in [2.24, 2.45) is 0 Å². The lowest BCUT2D eigenvalue weighted by Gasteiger charge is -2.21. The Labute approximate surface area is 177 Å². The molecule has 5 nitrogen and oxygen atoms in total. The number of aromatic nitrogens is 1. The Morgan fingerprint density at radius 2 is 1.97 bits per heavy atom. The second-order valence-corrected chi connectivity index (χ2v) is 8.11. The molecule has 0 spiro atoms. The van der Waals surface area contributed by atoms with E-state index in [-0.39, 0.29) is 17.7 Å². The van der Waals surface area contributed by atoms with Crippen molar-refractivity contribution in [3.05, 3.63) is 99.9 Å². The van der Waals surface area contributed by atoms with Crippen LogP contribution in [0.1, 0.15) is 32.6 Å². The number of hydrogen-bond donors (Lipinski definition) is 2. The molecule has 146 valence electrons. The Morgan fingerprint density at radius 1 is 1.14 bits per heavy atom. The fourth-order valence-corrected chi connectivity index (χ4v) is 4.08. The number of carbonyl (C=O) groups is 1. The molecule has 7 heteroatoms. The SMILES string of the molecule is Cc1cc(C(Nc2ccccn2)c2ccc(Cl)cc2)c(NC(=O)c2ccco2)s1. The molecule has 0 aliphatic heterocycles. The summed E-state index contributed by atoms with van der Waals surface area (Å²) in [7, 11) is 0. The van der Waals surface area contributed by atoms with E-state index in [1.54, 1.807) is 18.3 Å². The van der Waals surface area contributed by atoms with Crippen molar-refractivity contribution < 1.29 is 9.21 Å². The molecule has 0 aliphatic carbocycles. The fraction of sp³-hybridized carbons (Fsp3) is 0.0909. The van der Waals surface area contributed by atoms with E-state index in [4.69, 9.17) is 16.0 Å². The quantitative estimate of drug-likeness (QED) is 0.390. The minimum absolute atomic E-state index is 0.223. The van der Waals surface area contributed by atoms with Crippen LogP contribution < -0.4 is 10.6 Å². The van der Waals surface area contributed by atoms with Crippen molar-refractivity contribution >= 4 is 39.7 Å². The standard InChI is InChI=1S/C22H18ClN3O2S/c1-14-13-17(22(29-14)26-21(27)18-5-4-12-28-18)20(15-7-9-16(23)10-8-15)25-19-6-2-3-11-24-19/h2-13,20H,1H3,(H,24,25)(H,26,27). The number of thiophene rings is 1. The van der Waals surface area contributed by atoms with Gasteiger partial charge in [-0.3, -0.25) is 4.79 Å². The van der Waals surface area contributed by atoms with Gasteiger partial charge in [-0.15, -0.1) is 11.3 Å². The second kappa shape index (κ2) is 8.51. The molecular weight excluding hydrogens is 406 g/mol. The Balaban J connectivity index is 1.72. The van der Waals surface area contributed by atoms with Crippen LogP contribution in [0.4, 0.5) is 10.8 Å². The lowest BCUT2D eigenvalue weighted by atomic mass is 10.00. The van der Waals surface area contributed by atoms with Crippen molar-refractivity contribution in [3.8, 4) is 0 Å². The zero-order chi connectivity index (χ0) is 20.2. The number of nitrogens with one attached hydrogen (secondary N) is 2. The number of pyridine rings is 1. The van der Waals surface area contributed by atoms with Crippen LogP contribution in [0.3, 0.4) is 0 Å². The van der Waals surface area contributed by atoms with Crippen LogP contribution >= 0.6 is 22.9 Å². The minimum Gasteiger partial charge on any atom is -0.459 e. The van der Waals surface area contributed by atoms with Crippen molar-refractivity contribution in [2.45, 2.75) is 13.0 Å². The van der Waals surface area contributed by atoms with Gasteiger partial charge in [0.05, 0.1) is 12.3 Å². The number of nitrogens with zero attached hydrogens (tertiary/aromatic N) is 1. The number of benzene rings is 1. The maximum Gasteiger partial charge on any atom is 0.291 e. The van der Waals surface area contributed by atoms with E-state index in [0.717, 1.165) is 26.8 Å². The third kappa shape index (κ3) is 4.50. The number of anilines is 2. The molecule has 0 aliphatic rings. The first-order valence-corrected chi connectivity index (χ1v) is 10.2. The number of hydrogen-bond acceptors (Lipinski definition) is 5. The summed E-state index contributed by atoms with van der Waals surface area (Å²) < 4.78 is 5.22. The van der Waals surface area contributed by atoms with Crippen LogP contribution in [0.25, 0.3) is 0 Å². The molecule has 0 saturated heterocycles. The third-order valence-electron chi connectivity index (χ3n) is 4.33. The molecule has 1 atom stereocenters. The summed E-state index contributed by atoms with van der Waals surface area (Å²) in [5.74, 6) is 0.716. The topological polar surface area (TPSA) is 67.2 Å². The Hall–Kier alpha value is -3.09. The number of halogens is 1. The molecule has 0 saturated carbocycles. The van der Waals surface area contributed by atoms with E-state index in [1.807, 2.05) is 49.4 Å². The summed E-state index contributed by atoms with van der Waals surface area (Å²) in [6.07, 6.45) is 3.22. The van der Waals surface area contributed by atoms with Crippen LogP contribution in [-0.4, -0.2) is 10.9 Å². The van der Waals surface area contributed by atoms with Gasteiger partial charge < -0.3 is 15.1 Å². The zero-order valence-electron chi connectivity index (χ0n) is 15.6. The second-order valence-electron chi connectivity index (χ2n) is 6.42. The van der Waals surface area contributed by atoms with Crippen molar-refractivity contribution in [3.63, 3.8) is 0 Å². The first-order valence-electron chi connectivity index (χ1n) is 8.98. The molecule has 0 radical (unpaired) electrons. The summed E-state index contributed by atoms with van der Waals surface area (Å²) in [5, 5.41) is 7.87. The van der Waals surface area contributed by atoms with Gasteiger partial charge in [0.2, 0.25) is 0 Å². The molecule has 3 heterocycles. The largest absolute Gasteiger partial charge is 0.459 e. The van der Waals surface area contributed by atoms with Gasteiger partial charge in [0, 0.05) is 21.7 Å². The molecule has 1 unspecified atom stereocenters. The number of amides is 1. The van der Waals surface area contributed by atoms with Gasteiger partial charge >= 0.3 is 0 Å². The molecule has 29 heavy (non-hydrogen) atoms. The van der Waals surface area contributed by atoms with E-state index in [9.17, 15) is 4.79 Å². The minimum atomic E-state index is -0.286. The first kappa shape index (κ1) is 19.2. The van der Waals surface area contributed by atoms with E-state index < -0.39 is 0 Å². The van der Waals surface area contributed by atoms with Gasteiger partial charge in [0.15, 0.2) is 5.76 Å². The van der Waals surface area contributed by atoms with Crippen molar-refractivity contribution in [2.75, 3.05) is 10.6 Å².